The fourth-order valence-electron chi connectivity index (χ4n) is 0.686. The van der Waals surface area contributed by atoms with Crippen molar-refractivity contribution in [2.24, 2.45) is 0 Å². The highest BCUT2D eigenvalue weighted by Crippen LogP contribution is 2.22. The standard InChI is InChI=1S/C7H5BrF3NO2S/c8-4-1-2-15-5(4)6(13)12-14-3-7(9,10)11/h1-2H,3H2,(H,12,13). The zero-order valence-electron chi connectivity index (χ0n) is 7.10. The van der Waals surface area contributed by atoms with Crippen molar-refractivity contribution < 1.29 is 22.8 Å². The molecular formula is C7H5BrF3NO2S. The first-order valence-corrected chi connectivity index (χ1v) is 5.29. The van der Waals surface area contributed by atoms with E-state index in [0.717, 1.165) is 11.3 Å². The summed E-state index contributed by atoms with van der Waals surface area (Å²) in [6, 6.07) is 1.61. The SMILES string of the molecule is O=C(NOCC(F)(F)F)c1sccc1Br. The summed E-state index contributed by atoms with van der Waals surface area (Å²) in [4.78, 5) is 15.5. The Morgan fingerprint density at radius 3 is 2.73 bits per heavy atom. The first kappa shape index (κ1) is 12.5. The van der Waals surface area contributed by atoms with Gasteiger partial charge in [-0.05, 0) is 27.4 Å². The Labute approximate surface area is 95.3 Å². The Morgan fingerprint density at radius 2 is 2.27 bits per heavy atom. The maximum absolute atomic E-state index is 11.6. The molecule has 0 spiro atoms. The summed E-state index contributed by atoms with van der Waals surface area (Å²) < 4.78 is 35.4. The lowest BCUT2D eigenvalue weighted by Gasteiger charge is -2.07. The van der Waals surface area contributed by atoms with Crippen LogP contribution in [0.15, 0.2) is 15.9 Å². The molecule has 15 heavy (non-hydrogen) atoms. The molecule has 0 aliphatic rings. The van der Waals surface area contributed by atoms with Gasteiger partial charge in [0.1, 0.15) is 4.88 Å². The number of halogens is 4. The van der Waals surface area contributed by atoms with Crippen LogP contribution in [0.5, 0.6) is 0 Å². The van der Waals surface area contributed by atoms with Crippen LogP contribution in [0.2, 0.25) is 0 Å². The molecule has 1 aromatic rings. The summed E-state index contributed by atoms with van der Waals surface area (Å²) in [6.07, 6.45) is -4.46. The number of rotatable bonds is 3. The van der Waals surface area contributed by atoms with E-state index in [1.165, 1.54) is 0 Å². The lowest BCUT2D eigenvalue weighted by molar-refractivity contribution is -0.184. The van der Waals surface area contributed by atoms with Crippen molar-refractivity contribution in [3.05, 3.63) is 20.8 Å². The molecule has 8 heteroatoms. The number of alkyl halides is 3. The number of hydrogen-bond acceptors (Lipinski definition) is 3. The number of hydroxylamine groups is 1. The van der Waals surface area contributed by atoms with Crippen molar-refractivity contribution in [3.63, 3.8) is 0 Å². The van der Waals surface area contributed by atoms with Gasteiger partial charge in [-0.1, -0.05) is 0 Å². The number of nitrogens with one attached hydrogen (secondary N) is 1. The molecule has 0 saturated heterocycles. The molecule has 0 atom stereocenters. The minimum absolute atomic E-state index is 0.261. The quantitative estimate of drug-likeness (QED) is 0.872. The Kier molecular flexibility index (Phi) is 4.12. The van der Waals surface area contributed by atoms with Crippen LogP contribution in [0, 0.1) is 0 Å². The van der Waals surface area contributed by atoms with Crippen LogP contribution in [-0.4, -0.2) is 18.7 Å². The molecule has 0 bridgehead atoms. The number of hydrogen-bond donors (Lipinski definition) is 1. The highest BCUT2D eigenvalue weighted by Gasteiger charge is 2.28. The number of thiophene rings is 1. The Morgan fingerprint density at radius 1 is 1.60 bits per heavy atom. The van der Waals surface area contributed by atoms with E-state index in [1.807, 2.05) is 0 Å². The smallest absolute Gasteiger partial charge is 0.266 e. The van der Waals surface area contributed by atoms with Gasteiger partial charge in [-0.15, -0.1) is 11.3 Å². The highest BCUT2D eigenvalue weighted by atomic mass is 79.9. The molecule has 84 valence electrons. The third-order valence-electron chi connectivity index (χ3n) is 1.22. The van der Waals surface area contributed by atoms with E-state index in [-0.39, 0.29) is 4.88 Å². The second kappa shape index (κ2) is 4.95. The van der Waals surface area contributed by atoms with Crippen LogP contribution in [-0.2, 0) is 4.84 Å². The molecule has 0 saturated carbocycles. The highest BCUT2D eigenvalue weighted by molar-refractivity contribution is 9.10. The van der Waals surface area contributed by atoms with Crippen molar-refractivity contribution in [1.29, 1.82) is 0 Å². The molecule has 3 nitrogen and oxygen atoms in total. The van der Waals surface area contributed by atoms with Crippen LogP contribution >= 0.6 is 27.3 Å². The fourth-order valence-corrected chi connectivity index (χ4v) is 2.12. The molecule has 0 unspecified atom stereocenters. The van der Waals surface area contributed by atoms with E-state index in [4.69, 9.17) is 0 Å². The van der Waals surface area contributed by atoms with Gasteiger partial charge in [0.25, 0.3) is 5.91 Å². The van der Waals surface area contributed by atoms with Gasteiger partial charge in [0, 0.05) is 4.47 Å². The lowest BCUT2D eigenvalue weighted by atomic mass is 10.4. The predicted octanol–water partition coefficient (Wildman–Crippen LogP) is 2.73. The van der Waals surface area contributed by atoms with Crippen LogP contribution in [0.4, 0.5) is 13.2 Å². The number of carbonyl (C=O) groups excluding carboxylic acids is 1. The predicted molar refractivity (Wildman–Crippen MR) is 51.5 cm³/mol. The summed E-state index contributed by atoms with van der Waals surface area (Å²) in [6.45, 7) is -1.51. The lowest BCUT2D eigenvalue weighted by Crippen LogP contribution is -2.29. The number of amides is 1. The second-order valence-electron chi connectivity index (χ2n) is 2.43. The van der Waals surface area contributed by atoms with Crippen LogP contribution in [0.3, 0.4) is 0 Å². The molecule has 0 aliphatic heterocycles. The van der Waals surface area contributed by atoms with Gasteiger partial charge in [-0.2, -0.15) is 13.2 Å². The van der Waals surface area contributed by atoms with E-state index in [9.17, 15) is 18.0 Å². The summed E-state index contributed by atoms with van der Waals surface area (Å²) in [7, 11) is 0. The maximum atomic E-state index is 11.6. The minimum atomic E-state index is -4.46. The summed E-state index contributed by atoms with van der Waals surface area (Å²) >= 11 is 4.17. The third kappa shape index (κ3) is 4.18. The normalized spacial score (nSPS) is 11.5. The van der Waals surface area contributed by atoms with E-state index in [2.05, 4.69) is 20.8 Å². The van der Waals surface area contributed by atoms with Gasteiger partial charge in [-0.25, -0.2) is 5.48 Å². The molecule has 1 heterocycles. The summed E-state index contributed by atoms with van der Waals surface area (Å²) in [5.74, 6) is -0.707. The zero-order chi connectivity index (χ0) is 11.5. The van der Waals surface area contributed by atoms with E-state index >= 15 is 0 Å². The largest absolute Gasteiger partial charge is 0.414 e. The number of carbonyl (C=O) groups is 1. The second-order valence-corrected chi connectivity index (χ2v) is 4.20. The van der Waals surface area contributed by atoms with Crippen molar-refractivity contribution in [1.82, 2.24) is 5.48 Å². The van der Waals surface area contributed by atoms with Gasteiger partial charge in [0.2, 0.25) is 0 Å². The van der Waals surface area contributed by atoms with Gasteiger partial charge in [0.15, 0.2) is 6.61 Å². The van der Waals surface area contributed by atoms with Gasteiger partial charge < -0.3 is 0 Å². The molecular weight excluding hydrogens is 299 g/mol. The van der Waals surface area contributed by atoms with Gasteiger partial charge >= 0.3 is 6.18 Å². The molecule has 0 radical (unpaired) electrons. The van der Waals surface area contributed by atoms with Crippen molar-refractivity contribution in [2.75, 3.05) is 6.61 Å². The average molecular weight is 304 g/mol. The van der Waals surface area contributed by atoms with Crippen molar-refractivity contribution in [3.8, 4) is 0 Å². The van der Waals surface area contributed by atoms with E-state index < -0.39 is 18.7 Å². The topological polar surface area (TPSA) is 38.3 Å². The first-order chi connectivity index (χ1) is 6.90. The molecule has 0 fully saturated rings. The Hall–Kier alpha value is -0.600. The molecule has 0 aliphatic carbocycles. The van der Waals surface area contributed by atoms with Crippen molar-refractivity contribution >= 4 is 33.2 Å². The summed E-state index contributed by atoms with van der Waals surface area (Å²) in [5, 5.41) is 1.63. The monoisotopic (exact) mass is 303 g/mol. The van der Waals surface area contributed by atoms with Crippen LogP contribution in [0.25, 0.3) is 0 Å². The summed E-state index contributed by atoms with van der Waals surface area (Å²) in [5.41, 5.74) is 1.70. The maximum Gasteiger partial charge on any atom is 0.414 e. The van der Waals surface area contributed by atoms with Gasteiger partial charge in [0.05, 0.1) is 0 Å². The van der Waals surface area contributed by atoms with E-state index in [0.29, 0.717) is 4.47 Å². The molecule has 1 rings (SSSR count). The molecule has 1 N–H and O–H groups in total. The van der Waals surface area contributed by atoms with E-state index in [1.54, 1.807) is 16.9 Å². The van der Waals surface area contributed by atoms with Crippen LogP contribution in [0.1, 0.15) is 9.67 Å². The molecule has 0 aromatic carbocycles. The van der Waals surface area contributed by atoms with Gasteiger partial charge in [-0.3, -0.25) is 9.63 Å². The Bertz CT molecular complexity index is 352. The van der Waals surface area contributed by atoms with Crippen molar-refractivity contribution in [2.45, 2.75) is 6.18 Å². The fraction of sp³-hybridized carbons (Fsp3) is 0.286. The molecule has 1 amide bonds. The minimum Gasteiger partial charge on any atom is -0.266 e. The third-order valence-corrected chi connectivity index (χ3v) is 3.06. The van der Waals surface area contributed by atoms with Crippen LogP contribution < -0.4 is 5.48 Å². The zero-order valence-corrected chi connectivity index (χ0v) is 9.50. The average Bonchev–Trinajstić information content (AvgIpc) is 2.48. The Balaban J connectivity index is 2.41. The first-order valence-electron chi connectivity index (χ1n) is 3.62. The molecule has 1 aromatic heterocycles.